The number of ether oxygens (including phenoxy) is 1. The Morgan fingerprint density at radius 3 is 2.57 bits per heavy atom. The summed E-state index contributed by atoms with van der Waals surface area (Å²) in [5.74, 6) is -0.934. The van der Waals surface area contributed by atoms with Crippen molar-refractivity contribution in [2.75, 3.05) is 12.0 Å². The van der Waals surface area contributed by atoms with Gasteiger partial charge in [0.2, 0.25) is 0 Å². The molecule has 1 aliphatic heterocycles. The van der Waals surface area contributed by atoms with E-state index in [1.807, 2.05) is 18.2 Å². The number of pyridine rings is 1. The molecule has 0 bridgehead atoms. The normalized spacial score (nSPS) is 17.9. The predicted octanol–water partition coefficient (Wildman–Crippen LogP) is 4.48. The van der Waals surface area contributed by atoms with Gasteiger partial charge in [-0.15, -0.1) is 0 Å². The number of carbonyl (C=O) groups is 2. The summed E-state index contributed by atoms with van der Waals surface area (Å²) in [6, 6.07) is 18.3. The van der Waals surface area contributed by atoms with Gasteiger partial charge in [0, 0.05) is 16.2 Å². The first-order valence-corrected chi connectivity index (χ1v) is 9.92. The fourth-order valence-electron chi connectivity index (χ4n) is 3.48. The van der Waals surface area contributed by atoms with E-state index in [1.54, 1.807) is 54.7 Å². The topological polar surface area (TPSA) is 79.7 Å². The number of carbonyl (C=O) groups excluding carboxylic acids is 2. The van der Waals surface area contributed by atoms with Crippen LogP contribution in [0.25, 0.3) is 5.76 Å². The lowest BCUT2D eigenvalue weighted by atomic mass is 9.95. The number of aliphatic hydroxyl groups excluding tert-OH is 1. The van der Waals surface area contributed by atoms with Crippen LogP contribution in [0.2, 0.25) is 0 Å². The van der Waals surface area contributed by atoms with Gasteiger partial charge in [-0.05, 0) is 42.0 Å². The van der Waals surface area contributed by atoms with E-state index in [9.17, 15) is 14.7 Å². The van der Waals surface area contributed by atoms with Gasteiger partial charge in [0.15, 0.2) is 0 Å². The second-order valence-electron chi connectivity index (χ2n) is 6.64. The molecule has 1 amide bonds. The van der Waals surface area contributed by atoms with E-state index in [4.69, 9.17) is 4.74 Å². The number of benzene rings is 2. The highest BCUT2D eigenvalue weighted by molar-refractivity contribution is 9.10. The number of ketones is 1. The van der Waals surface area contributed by atoms with Crippen LogP contribution >= 0.6 is 15.9 Å². The molecular formula is C23H17BrN2O4. The molecule has 1 unspecified atom stereocenters. The summed E-state index contributed by atoms with van der Waals surface area (Å²) in [6.07, 6.45) is 1.55. The monoisotopic (exact) mass is 464 g/mol. The van der Waals surface area contributed by atoms with Crippen LogP contribution in [0.1, 0.15) is 17.2 Å². The Labute approximate surface area is 181 Å². The first-order chi connectivity index (χ1) is 14.5. The Morgan fingerprint density at radius 2 is 1.87 bits per heavy atom. The first kappa shape index (κ1) is 19.8. The van der Waals surface area contributed by atoms with E-state index in [2.05, 4.69) is 20.9 Å². The van der Waals surface area contributed by atoms with Crippen LogP contribution in [0.5, 0.6) is 5.75 Å². The molecule has 150 valence electrons. The third-order valence-electron chi connectivity index (χ3n) is 4.85. The van der Waals surface area contributed by atoms with Gasteiger partial charge in [-0.3, -0.25) is 14.5 Å². The Balaban J connectivity index is 1.95. The molecular weight excluding hydrogens is 448 g/mol. The number of aliphatic hydroxyl groups is 1. The summed E-state index contributed by atoms with van der Waals surface area (Å²) in [4.78, 5) is 31.6. The maximum absolute atomic E-state index is 13.0. The van der Waals surface area contributed by atoms with Crippen molar-refractivity contribution >= 4 is 39.2 Å². The van der Waals surface area contributed by atoms with Gasteiger partial charge in [-0.1, -0.05) is 46.3 Å². The zero-order valence-corrected chi connectivity index (χ0v) is 17.5. The molecule has 1 aliphatic rings. The van der Waals surface area contributed by atoms with Gasteiger partial charge < -0.3 is 9.84 Å². The van der Waals surface area contributed by atoms with Gasteiger partial charge in [-0.2, -0.15) is 0 Å². The Kier molecular flexibility index (Phi) is 5.37. The number of anilines is 1. The standard InChI is InChI=1S/C23H17BrN2O4/c1-30-17-9-5-7-15(13-17)21(27)19-20(14-6-4-8-16(24)12-14)26(23(29)22(19)28)18-10-2-3-11-25-18/h2-13,20,27H,1H3/b21-19+. The van der Waals surface area contributed by atoms with E-state index in [-0.39, 0.29) is 11.3 Å². The molecule has 1 aromatic heterocycles. The quantitative estimate of drug-likeness (QED) is 0.349. The molecule has 0 spiro atoms. The van der Waals surface area contributed by atoms with Crippen LogP contribution in [0.3, 0.4) is 0 Å². The zero-order valence-electron chi connectivity index (χ0n) is 15.9. The van der Waals surface area contributed by atoms with Crippen LogP contribution < -0.4 is 9.64 Å². The molecule has 0 saturated carbocycles. The number of aromatic nitrogens is 1. The number of hydrogen-bond acceptors (Lipinski definition) is 5. The average Bonchev–Trinajstić information content (AvgIpc) is 3.04. The molecule has 1 fully saturated rings. The highest BCUT2D eigenvalue weighted by atomic mass is 79.9. The van der Waals surface area contributed by atoms with Crippen molar-refractivity contribution in [1.82, 2.24) is 4.98 Å². The van der Waals surface area contributed by atoms with Crippen LogP contribution in [0.15, 0.2) is 83.0 Å². The average molecular weight is 465 g/mol. The van der Waals surface area contributed by atoms with Gasteiger partial charge in [0.25, 0.3) is 5.78 Å². The molecule has 1 atom stereocenters. The summed E-state index contributed by atoms with van der Waals surface area (Å²) in [5.41, 5.74) is 1.05. The first-order valence-electron chi connectivity index (χ1n) is 9.13. The Hall–Kier alpha value is -3.45. The number of rotatable bonds is 4. The summed E-state index contributed by atoms with van der Waals surface area (Å²) >= 11 is 3.44. The van der Waals surface area contributed by atoms with E-state index in [1.165, 1.54) is 12.0 Å². The van der Waals surface area contributed by atoms with Crippen molar-refractivity contribution in [3.05, 3.63) is 94.1 Å². The van der Waals surface area contributed by atoms with Crippen molar-refractivity contribution in [3.63, 3.8) is 0 Å². The number of halogens is 1. The fraction of sp³-hybridized carbons (Fsp3) is 0.0870. The van der Waals surface area contributed by atoms with Crippen molar-refractivity contribution in [3.8, 4) is 5.75 Å². The van der Waals surface area contributed by atoms with Gasteiger partial charge in [0.05, 0.1) is 18.7 Å². The minimum atomic E-state index is -0.830. The summed E-state index contributed by atoms with van der Waals surface area (Å²) in [7, 11) is 1.51. The lowest BCUT2D eigenvalue weighted by molar-refractivity contribution is -0.132. The maximum atomic E-state index is 13.0. The van der Waals surface area contributed by atoms with E-state index in [0.29, 0.717) is 22.7 Å². The van der Waals surface area contributed by atoms with Crippen molar-refractivity contribution in [1.29, 1.82) is 0 Å². The molecule has 4 rings (SSSR count). The Bertz CT molecular complexity index is 1160. The van der Waals surface area contributed by atoms with Crippen LogP contribution in [-0.4, -0.2) is 28.9 Å². The third-order valence-corrected chi connectivity index (χ3v) is 5.34. The highest BCUT2D eigenvalue weighted by Gasteiger charge is 2.47. The highest BCUT2D eigenvalue weighted by Crippen LogP contribution is 2.42. The number of nitrogens with zero attached hydrogens (tertiary/aromatic N) is 2. The molecule has 3 aromatic rings. The number of Topliss-reactive ketones (excluding diaryl/α,β-unsaturated/α-hetero) is 1. The second kappa shape index (κ2) is 8.12. The minimum absolute atomic E-state index is 0.00277. The second-order valence-corrected chi connectivity index (χ2v) is 7.56. The molecule has 0 radical (unpaired) electrons. The Morgan fingerprint density at radius 1 is 1.07 bits per heavy atom. The van der Waals surface area contributed by atoms with Gasteiger partial charge in [0.1, 0.15) is 17.3 Å². The van der Waals surface area contributed by atoms with Gasteiger partial charge >= 0.3 is 5.91 Å². The predicted molar refractivity (Wildman–Crippen MR) is 116 cm³/mol. The summed E-state index contributed by atoms with van der Waals surface area (Å²) in [5, 5.41) is 11.1. The molecule has 6 nitrogen and oxygen atoms in total. The molecule has 2 aromatic carbocycles. The summed E-state index contributed by atoms with van der Waals surface area (Å²) in [6.45, 7) is 0. The van der Waals surface area contributed by atoms with E-state index in [0.717, 1.165) is 4.47 Å². The van der Waals surface area contributed by atoms with Crippen LogP contribution in [0.4, 0.5) is 5.82 Å². The third kappa shape index (κ3) is 3.48. The van der Waals surface area contributed by atoms with E-state index < -0.39 is 17.7 Å². The SMILES string of the molecule is COc1cccc(/C(O)=C2\C(=O)C(=O)N(c3ccccn3)C2c2cccc(Br)c2)c1. The molecule has 7 heteroatoms. The lowest BCUT2D eigenvalue weighted by Crippen LogP contribution is -2.30. The van der Waals surface area contributed by atoms with Gasteiger partial charge in [-0.25, -0.2) is 4.98 Å². The molecule has 30 heavy (non-hydrogen) atoms. The van der Waals surface area contributed by atoms with Crippen molar-refractivity contribution in [2.24, 2.45) is 0 Å². The van der Waals surface area contributed by atoms with Crippen LogP contribution in [0, 0.1) is 0 Å². The van der Waals surface area contributed by atoms with Crippen LogP contribution in [-0.2, 0) is 9.59 Å². The minimum Gasteiger partial charge on any atom is -0.507 e. The molecule has 1 saturated heterocycles. The van der Waals surface area contributed by atoms with Crippen molar-refractivity contribution < 1.29 is 19.4 Å². The number of amides is 1. The largest absolute Gasteiger partial charge is 0.507 e. The maximum Gasteiger partial charge on any atom is 0.301 e. The van der Waals surface area contributed by atoms with E-state index >= 15 is 0 Å². The zero-order chi connectivity index (χ0) is 21.3. The lowest BCUT2D eigenvalue weighted by Gasteiger charge is -2.24. The molecule has 1 N–H and O–H groups in total. The smallest absolute Gasteiger partial charge is 0.301 e. The summed E-state index contributed by atoms with van der Waals surface area (Å²) < 4.78 is 6.01. The fourth-order valence-corrected chi connectivity index (χ4v) is 3.90. The number of methoxy groups -OCH3 is 1. The number of hydrogen-bond donors (Lipinski definition) is 1. The molecule has 0 aliphatic carbocycles. The van der Waals surface area contributed by atoms with Crippen molar-refractivity contribution in [2.45, 2.75) is 6.04 Å². The molecule has 2 heterocycles.